The zero-order valence-electron chi connectivity index (χ0n) is 15.8. The molecule has 0 aliphatic carbocycles. The van der Waals surface area contributed by atoms with E-state index in [4.69, 9.17) is 4.74 Å². The van der Waals surface area contributed by atoms with Gasteiger partial charge in [-0.2, -0.15) is 0 Å². The maximum Gasteiger partial charge on any atom is 0.326 e. The number of hydrogen-bond acceptors (Lipinski definition) is 5. The Morgan fingerprint density at radius 3 is 2.79 bits per heavy atom. The second kappa shape index (κ2) is 7.71. The van der Waals surface area contributed by atoms with Gasteiger partial charge in [-0.05, 0) is 24.1 Å². The molecule has 0 fully saturated rings. The monoisotopic (exact) mass is 389 g/mol. The van der Waals surface area contributed by atoms with Crippen LogP contribution in [0.15, 0.2) is 59.7 Å². The Kier molecular flexibility index (Phi) is 4.95. The van der Waals surface area contributed by atoms with E-state index in [1.54, 1.807) is 30.5 Å². The molecule has 0 atom stereocenters. The Bertz CT molecular complexity index is 1290. The van der Waals surface area contributed by atoms with Crippen molar-refractivity contribution in [3.05, 3.63) is 76.3 Å². The molecule has 0 aliphatic heterocycles. The van der Waals surface area contributed by atoms with Crippen LogP contribution in [0.4, 0.5) is 0 Å². The molecule has 0 spiro atoms. The first-order valence-electron chi connectivity index (χ1n) is 9.31. The van der Waals surface area contributed by atoms with Crippen LogP contribution in [0.1, 0.15) is 22.8 Å². The van der Waals surface area contributed by atoms with Gasteiger partial charge >= 0.3 is 5.97 Å². The van der Waals surface area contributed by atoms with Crippen LogP contribution in [0.2, 0.25) is 0 Å². The number of carbonyl (C=O) groups is 2. The summed E-state index contributed by atoms with van der Waals surface area (Å²) in [5.41, 5.74) is 3.24. The summed E-state index contributed by atoms with van der Waals surface area (Å²) in [6, 6.07) is 12.8. The van der Waals surface area contributed by atoms with Gasteiger partial charge in [0.1, 0.15) is 6.54 Å². The number of H-pyrrole nitrogens is 1. The van der Waals surface area contributed by atoms with Crippen LogP contribution in [0.25, 0.3) is 21.9 Å². The number of carbonyl (C=O) groups excluding carboxylic acids is 2. The minimum atomic E-state index is -0.661. The first-order chi connectivity index (χ1) is 14.1. The van der Waals surface area contributed by atoms with E-state index in [9.17, 15) is 14.4 Å². The maximum absolute atomic E-state index is 12.6. The molecule has 4 aromatic rings. The first kappa shape index (κ1) is 18.6. The summed E-state index contributed by atoms with van der Waals surface area (Å²) < 4.78 is 6.44. The van der Waals surface area contributed by atoms with Crippen LogP contribution in [0.3, 0.4) is 0 Å². The molecule has 4 rings (SSSR count). The minimum Gasteiger partial charge on any atom is -0.456 e. The highest BCUT2D eigenvalue weighted by molar-refractivity contribution is 6.09. The van der Waals surface area contributed by atoms with Crippen LogP contribution in [-0.2, 0) is 22.5 Å². The number of fused-ring (bicyclic) bond motifs is 2. The normalized spacial score (nSPS) is 11.1. The van der Waals surface area contributed by atoms with Gasteiger partial charge in [-0.3, -0.25) is 19.0 Å². The topological polar surface area (TPSA) is 94.1 Å². The number of aryl methyl sites for hydroxylation is 1. The van der Waals surface area contributed by atoms with E-state index in [0.29, 0.717) is 16.6 Å². The lowest BCUT2D eigenvalue weighted by Gasteiger charge is -2.09. The third-order valence-electron chi connectivity index (χ3n) is 4.89. The number of rotatable bonds is 6. The van der Waals surface area contributed by atoms with Gasteiger partial charge in [-0.25, -0.2) is 4.98 Å². The van der Waals surface area contributed by atoms with Crippen LogP contribution in [0.5, 0.6) is 0 Å². The molecule has 1 N–H and O–H groups in total. The third-order valence-corrected chi connectivity index (χ3v) is 4.89. The number of ether oxygens (including phenoxy) is 1. The van der Waals surface area contributed by atoms with E-state index in [0.717, 1.165) is 29.1 Å². The minimum absolute atomic E-state index is 0.289. The highest BCUT2D eigenvalue weighted by atomic mass is 16.5. The smallest absolute Gasteiger partial charge is 0.326 e. The molecule has 146 valence electrons. The van der Waals surface area contributed by atoms with Gasteiger partial charge in [0.25, 0.3) is 5.56 Å². The van der Waals surface area contributed by atoms with Crippen molar-refractivity contribution in [2.45, 2.75) is 19.9 Å². The summed E-state index contributed by atoms with van der Waals surface area (Å²) in [5, 5.41) is 0.807. The molecule has 7 heteroatoms. The fourth-order valence-electron chi connectivity index (χ4n) is 3.42. The molecule has 0 saturated heterocycles. The number of benzene rings is 2. The number of aromatic nitrogens is 3. The molecule has 29 heavy (non-hydrogen) atoms. The van der Waals surface area contributed by atoms with Crippen LogP contribution < -0.4 is 5.56 Å². The molecule has 2 aromatic carbocycles. The van der Waals surface area contributed by atoms with E-state index in [1.807, 2.05) is 25.1 Å². The molecule has 2 aromatic heterocycles. The molecule has 2 heterocycles. The summed E-state index contributed by atoms with van der Waals surface area (Å²) in [5.74, 6) is -0.962. The third kappa shape index (κ3) is 3.54. The lowest BCUT2D eigenvalue weighted by atomic mass is 10.1. The second-order valence-corrected chi connectivity index (χ2v) is 6.65. The Labute approximate surface area is 165 Å². The van der Waals surface area contributed by atoms with Crippen LogP contribution >= 0.6 is 0 Å². The Morgan fingerprint density at radius 1 is 1.14 bits per heavy atom. The number of ketones is 1. The molecule has 7 nitrogen and oxygen atoms in total. The van der Waals surface area contributed by atoms with Gasteiger partial charge < -0.3 is 9.72 Å². The molecule has 0 amide bonds. The molecule has 0 aliphatic rings. The molecule has 0 bridgehead atoms. The largest absolute Gasteiger partial charge is 0.456 e. The van der Waals surface area contributed by atoms with Crippen molar-refractivity contribution < 1.29 is 14.3 Å². The second-order valence-electron chi connectivity index (χ2n) is 6.65. The van der Waals surface area contributed by atoms with Gasteiger partial charge in [0, 0.05) is 22.7 Å². The Balaban J connectivity index is 1.49. The fourth-order valence-corrected chi connectivity index (χ4v) is 3.42. The van der Waals surface area contributed by atoms with E-state index < -0.39 is 11.5 Å². The molecular weight excluding hydrogens is 370 g/mol. The summed E-state index contributed by atoms with van der Waals surface area (Å²) >= 11 is 0. The van der Waals surface area contributed by atoms with E-state index in [2.05, 4.69) is 9.97 Å². The standard InChI is InChI=1S/C22H19N3O4/c1-2-14-6-5-7-15-16(10-24-22(14)15)19(26)13-29-21(28)12-25-18-9-4-3-8-17(18)23-11-20(25)27/h3-11,24H,2,12-13H2,1H3. The van der Waals surface area contributed by atoms with Gasteiger partial charge in [0.05, 0.1) is 17.2 Å². The van der Waals surface area contributed by atoms with Gasteiger partial charge in [0.15, 0.2) is 6.61 Å². The van der Waals surface area contributed by atoms with Crippen molar-refractivity contribution in [2.24, 2.45) is 0 Å². The average Bonchev–Trinajstić information content (AvgIpc) is 3.18. The van der Waals surface area contributed by atoms with E-state index in [1.165, 1.54) is 4.57 Å². The highest BCUT2D eigenvalue weighted by Gasteiger charge is 2.16. The predicted molar refractivity (Wildman–Crippen MR) is 109 cm³/mol. The quantitative estimate of drug-likeness (QED) is 0.404. The zero-order chi connectivity index (χ0) is 20.4. The number of Topliss-reactive ketones (excluding diaryl/α,β-unsaturated/α-hetero) is 1. The zero-order valence-corrected chi connectivity index (χ0v) is 15.8. The number of hydrogen-bond donors (Lipinski definition) is 1. The van der Waals surface area contributed by atoms with Crippen molar-refractivity contribution in [1.82, 2.24) is 14.5 Å². The molecule has 0 unspecified atom stereocenters. The van der Waals surface area contributed by atoms with Crippen molar-refractivity contribution in [2.75, 3.05) is 6.61 Å². The van der Waals surface area contributed by atoms with Gasteiger partial charge in [-0.15, -0.1) is 0 Å². The van der Waals surface area contributed by atoms with E-state index >= 15 is 0 Å². The summed E-state index contributed by atoms with van der Waals surface area (Å²) in [6.07, 6.45) is 3.65. The van der Waals surface area contributed by atoms with Crippen LogP contribution in [-0.4, -0.2) is 32.9 Å². The van der Waals surface area contributed by atoms with Crippen molar-refractivity contribution in [3.8, 4) is 0 Å². The summed E-state index contributed by atoms with van der Waals surface area (Å²) in [4.78, 5) is 44.2. The molecule has 0 saturated carbocycles. The van der Waals surface area contributed by atoms with Crippen molar-refractivity contribution in [3.63, 3.8) is 0 Å². The van der Waals surface area contributed by atoms with Gasteiger partial charge in [-0.1, -0.05) is 37.3 Å². The Hall–Kier alpha value is -3.74. The number of aromatic amines is 1. The highest BCUT2D eigenvalue weighted by Crippen LogP contribution is 2.22. The fraction of sp³-hybridized carbons (Fsp3) is 0.182. The molecular formula is C22H19N3O4. The predicted octanol–water partition coefficient (Wildman–Crippen LogP) is 2.87. The van der Waals surface area contributed by atoms with Crippen molar-refractivity contribution in [1.29, 1.82) is 0 Å². The number of nitrogens with zero attached hydrogens (tertiary/aromatic N) is 2. The number of para-hydroxylation sites is 3. The van der Waals surface area contributed by atoms with Gasteiger partial charge in [0.2, 0.25) is 5.78 Å². The number of nitrogens with one attached hydrogen (secondary N) is 1. The summed E-state index contributed by atoms with van der Waals surface area (Å²) in [6.45, 7) is 1.37. The van der Waals surface area contributed by atoms with Crippen LogP contribution in [0, 0.1) is 0 Å². The molecule has 0 radical (unpaired) electrons. The average molecular weight is 389 g/mol. The SMILES string of the molecule is CCc1cccc2c(C(=O)COC(=O)Cn3c(=O)cnc4ccccc43)c[nH]c12. The lowest BCUT2D eigenvalue weighted by Crippen LogP contribution is -2.26. The van der Waals surface area contributed by atoms with E-state index in [-0.39, 0.29) is 18.9 Å². The Morgan fingerprint density at radius 2 is 1.97 bits per heavy atom. The lowest BCUT2D eigenvalue weighted by molar-refractivity contribution is -0.143. The first-order valence-corrected chi connectivity index (χ1v) is 9.31. The maximum atomic E-state index is 12.6. The number of esters is 1. The van der Waals surface area contributed by atoms with Crippen molar-refractivity contribution >= 4 is 33.7 Å². The summed E-state index contributed by atoms with van der Waals surface area (Å²) in [7, 11) is 0.